The molecule has 1 amide bonds. The Kier molecular flexibility index (Phi) is 5.13. The molecule has 7 heteroatoms. The molecule has 0 aromatic heterocycles. The third-order valence-corrected chi connectivity index (χ3v) is 6.64. The molecule has 23 heavy (non-hydrogen) atoms. The first-order chi connectivity index (χ1) is 10.6. The molecule has 1 aromatic carbocycles. The van der Waals surface area contributed by atoms with Crippen molar-refractivity contribution in [3.05, 3.63) is 28.8 Å². The van der Waals surface area contributed by atoms with Crippen molar-refractivity contribution >= 4 is 15.9 Å². The fourth-order valence-corrected chi connectivity index (χ4v) is 5.05. The zero-order valence-corrected chi connectivity index (χ0v) is 15.0. The standard InChI is InChI=1S/C16H25N3O3S/c1-11-9-12(2)15(13(3)10-11)23(21,22)19-7-5-18(6-8-19)14(4)16(17)20/h9-10,14H,5-8H2,1-4H3,(H2,17,20)/t14-/m1/s1. The van der Waals surface area contributed by atoms with Crippen LogP contribution in [0, 0.1) is 20.8 Å². The number of nitrogens with two attached hydrogens (primary N) is 1. The van der Waals surface area contributed by atoms with Gasteiger partial charge in [-0.2, -0.15) is 4.31 Å². The smallest absolute Gasteiger partial charge is 0.243 e. The summed E-state index contributed by atoms with van der Waals surface area (Å²) in [6.45, 7) is 9.12. The summed E-state index contributed by atoms with van der Waals surface area (Å²) in [6.07, 6.45) is 0. The SMILES string of the molecule is Cc1cc(C)c(S(=O)(=O)N2CCN([C@H](C)C(N)=O)CC2)c(C)c1. The van der Waals surface area contributed by atoms with Crippen LogP contribution in [0.2, 0.25) is 0 Å². The van der Waals surface area contributed by atoms with E-state index in [2.05, 4.69) is 0 Å². The molecule has 2 N–H and O–H groups in total. The number of piperazine rings is 1. The van der Waals surface area contributed by atoms with Gasteiger partial charge < -0.3 is 5.73 Å². The Hall–Kier alpha value is -1.44. The van der Waals surface area contributed by atoms with Crippen LogP contribution in [0.4, 0.5) is 0 Å². The Morgan fingerprint density at radius 3 is 2.00 bits per heavy atom. The molecule has 6 nitrogen and oxygen atoms in total. The molecule has 2 rings (SSSR count). The van der Waals surface area contributed by atoms with E-state index in [1.165, 1.54) is 4.31 Å². The number of hydrogen-bond donors (Lipinski definition) is 1. The third-order valence-electron chi connectivity index (χ3n) is 4.44. The van der Waals surface area contributed by atoms with Crippen LogP contribution in [0.15, 0.2) is 17.0 Å². The van der Waals surface area contributed by atoms with E-state index >= 15 is 0 Å². The first kappa shape index (κ1) is 17.9. The van der Waals surface area contributed by atoms with Crippen molar-refractivity contribution in [1.29, 1.82) is 0 Å². The maximum atomic E-state index is 13.0. The Labute approximate surface area is 138 Å². The molecule has 1 aliphatic rings. The van der Waals surface area contributed by atoms with Crippen molar-refractivity contribution < 1.29 is 13.2 Å². The van der Waals surface area contributed by atoms with E-state index in [-0.39, 0.29) is 11.9 Å². The Morgan fingerprint density at radius 2 is 1.57 bits per heavy atom. The summed E-state index contributed by atoms with van der Waals surface area (Å²) in [5, 5.41) is 0. The second-order valence-corrected chi connectivity index (χ2v) is 8.12. The molecule has 1 fully saturated rings. The average Bonchev–Trinajstić information content (AvgIpc) is 2.45. The molecular weight excluding hydrogens is 314 g/mol. The Bertz CT molecular complexity index is 684. The number of sulfonamides is 1. The average molecular weight is 339 g/mol. The highest BCUT2D eigenvalue weighted by atomic mass is 32.2. The number of hydrogen-bond acceptors (Lipinski definition) is 4. The lowest BCUT2D eigenvalue weighted by Gasteiger charge is -2.36. The Morgan fingerprint density at radius 1 is 1.09 bits per heavy atom. The molecule has 1 atom stereocenters. The van der Waals surface area contributed by atoms with Gasteiger partial charge >= 0.3 is 0 Å². The highest BCUT2D eigenvalue weighted by molar-refractivity contribution is 7.89. The minimum atomic E-state index is -3.52. The number of aryl methyl sites for hydroxylation is 3. The Balaban J connectivity index is 2.22. The lowest BCUT2D eigenvalue weighted by Crippen LogP contribution is -2.54. The van der Waals surface area contributed by atoms with Crippen molar-refractivity contribution in [3.8, 4) is 0 Å². The van der Waals surface area contributed by atoms with E-state index < -0.39 is 10.0 Å². The van der Waals surface area contributed by atoms with Gasteiger partial charge in [0.15, 0.2) is 0 Å². The minimum absolute atomic E-state index is 0.368. The molecule has 1 aromatic rings. The normalized spacial score (nSPS) is 18.8. The van der Waals surface area contributed by atoms with Gasteiger partial charge in [0.25, 0.3) is 0 Å². The quantitative estimate of drug-likeness (QED) is 0.879. The highest BCUT2D eigenvalue weighted by Crippen LogP contribution is 2.26. The van der Waals surface area contributed by atoms with Crippen molar-refractivity contribution in [2.75, 3.05) is 26.2 Å². The van der Waals surface area contributed by atoms with Gasteiger partial charge in [0.2, 0.25) is 15.9 Å². The molecule has 0 aliphatic carbocycles. The summed E-state index contributed by atoms with van der Waals surface area (Å²) in [5.74, 6) is -0.383. The lowest BCUT2D eigenvalue weighted by molar-refractivity contribution is -0.123. The van der Waals surface area contributed by atoms with Crippen LogP contribution in [0.1, 0.15) is 23.6 Å². The van der Waals surface area contributed by atoms with Crippen LogP contribution >= 0.6 is 0 Å². The van der Waals surface area contributed by atoms with Crippen molar-refractivity contribution in [1.82, 2.24) is 9.21 Å². The van der Waals surface area contributed by atoms with Crippen LogP contribution in [0.25, 0.3) is 0 Å². The molecule has 0 bridgehead atoms. The number of amides is 1. The zero-order chi connectivity index (χ0) is 17.4. The third kappa shape index (κ3) is 3.57. The van der Waals surface area contributed by atoms with Gasteiger partial charge in [-0.3, -0.25) is 9.69 Å². The van der Waals surface area contributed by atoms with Gasteiger partial charge in [0.05, 0.1) is 10.9 Å². The fraction of sp³-hybridized carbons (Fsp3) is 0.562. The molecule has 0 radical (unpaired) electrons. The number of primary amides is 1. The van der Waals surface area contributed by atoms with Crippen LogP contribution in [-0.4, -0.2) is 55.8 Å². The van der Waals surface area contributed by atoms with E-state index in [0.717, 1.165) is 16.7 Å². The van der Waals surface area contributed by atoms with Crippen molar-refractivity contribution in [2.24, 2.45) is 5.73 Å². The molecule has 0 spiro atoms. The number of carbonyl (C=O) groups is 1. The first-order valence-electron chi connectivity index (χ1n) is 7.76. The predicted octanol–water partition coefficient (Wildman–Crippen LogP) is 0.792. The van der Waals surface area contributed by atoms with Crippen LogP contribution in [0.5, 0.6) is 0 Å². The summed E-state index contributed by atoms with van der Waals surface area (Å²) < 4.78 is 27.4. The topological polar surface area (TPSA) is 83.7 Å². The number of carbonyl (C=O) groups excluding carboxylic acids is 1. The summed E-state index contributed by atoms with van der Waals surface area (Å²) in [4.78, 5) is 13.6. The summed E-state index contributed by atoms with van der Waals surface area (Å²) >= 11 is 0. The van der Waals surface area contributed by atoms with Crippen LogP contribution in [0.3, 0.4) is 0 Å². The van der Waals surface area contributed by atoms with Crippen molar-refractivity contribution in [3.63, 3.8) is 0 Å². The zero-order valence-electron chi connectivity index (χ0n) is 14.2. The first-order valence-corrected chi connectivity index (χ1v) is 9.20. The minimum Gasteiger partial charge on any atom is -0.368 e. The molecule has 1 aliphatic heterocycles. The molecular formula is C16H25N3O3S. The maximum absolute atomic E-state index is 13.0. The highest BCUT2D eigenvalue weighted by Gasteiger charge is 2.32. The van der Waals surface area contributed by atoms with E-state index in [0.29, 0.717) is 31.1 Å². The summed E-state index contributed by atoms with van der Waals surface area (Å²) in [6, 6.07) is 3.42. The number of rotatable bonds is 4. The summed E-state index contributed by atoms with van der Waals surface area (Å²) in [5.41, 5.74) is 7.92. The monoisotopic (exact) mass is 339 g/mol. The van der Waals surface area contributed by atoms with E-state index in [9.17, 15) is 13.2 Å². The van der Waals surface area contributed by atoms with E-state index in [1.54, 1.807) is 6.92 Å². The van der Waals surface area contributed by atoms with Gasteiger partial charge in [0.1, 0.15) is 0 Å². The number of nitrogens with zero attached hydrogens (tertiary/aromatic N) is 2. The van der Waals surface area contributed by atoms with Gasteiger partial charge in [-0.15, -0.1) is 0 Å². The molecule has 0 saturated carbocycles. The lowest BCUT2D eigenvalue weighted by atomic mass is 10.1. The van der Waals surface area contributed by atoms with E-state index in [1.807, 2.05) is 37.8 Å². The maximum Gasteiger partial charge on any atom is 0.243 e. The summed E-state index contributed by atoms with van der Waals surface area (Å²) in [7, 11) is -3.52. The largest absolute Gasteiger partial charge is 0.368 e. The van der Waals surface area contributed by atoms with Crippen LogP contribution < -0.4 is 5.73 Å². The molecule has 128 valence electrons. The van der Waals surface area contributed by atoms with Gasteiger partial charge in [-0.1, -0.05) is 17.7 Å². The predicted molar refractivity (Wildman–Crippen MR) is 89.6 cm³/mol. The molecule has 1 heterocycles. The van der Waals surface area contributed by atoms with Crippen LogP contribution in [-0.2, 0) is 14.8 Å². The number of benzene rings is 1. The van der Waals surface area contributed by atoms with Gasteiger partial charge in [-0.05, 0) is 38.8 Å². The van der Waals surface area contributed by atoms with Gasteiger partial charge in [0, 0.05) is 26.2 Å². The second-order valence-electron chi connectivity index (χ2n) is 6.25. The van der Waals surface area contributed by atoms with E-state index in [4.69, 9.17) is 5.73 Å². The van der Waals surface area contributed by atoms with Crippen molar-refractivity contribution in [2.45, 2.75) is 38.6 Å². The van der Waals surface area contributed by atoms with Gasteiger partial charge in [-0.25, -0.2) is 8.42 Å². The molecule has 0 unspecified atom stereocenters. The second kappa shape index (κ2) is 6.59. The fourth-order valence-electron chi connectivity index (χ4n) is 3.21. The molecule has 1 saturated heterocycles.